The predicted octanol–water partition coefficient (Wildman–Crippen LogP) is 2.55. The van der Waals surface area contributed by atoms with Gasteiger partial charge in [-0.25, -0.2) is 0 Å². The van der Waals surface area contributed by atoms with Gasteiger partial charge in [0.2, 0.25) is 5.82 Å². The Balaban J connectivity index is 2.32. The zero-order valence-electron chi connectivity index (χ0n) is 11.1. The summed E-state index contributed by atoms with van der Waals surface area (Å²) >= 11 is 0. The summed E-state index contributed by atoms with van der Waals surface area (Å²) in [4.78, 5) is 4.22. The third-order valence-electron chi connectivity index (χ3n) is 2.66. The highest BCUT2D eigenvalue weighted by Gasteiger charge is 2.17. The van der Waals surface area contributed by atoms with Gasteiger partial charge >= 0.3 is 0 Å². The highest BCUT2D eigenvalue weighted by Crippen LogP contribution is 2.32. The Kier molecular flexibility index (Phi) is 4.01. The van der Waals surface area contributed by atoms with E-state index in [9.17, 15) is 5.11 Å². The van der Waals surface area contributed by atoms with Gasteiger partial charge in [-0.15, -0.1) is 0 Å². The number of aromatic nitrogens is 2. The van der Waals surface area contributed by atoms with Crippen molar-refractivity contribution in [3.05, 3.63) is 24.0 Å². The van der Waals surface area contributed by atoms with E-state index >= 15 is 0 Å². The van der Waals surface area contributed by atoms with Crippen LogP contribution >= 0.6 is 0 Å². The van der Waals surface area contributed by atoms with Crippen LogP contribution < -0.4 is 4.74 Å². The number of hydrogen-bond acceptors (Lipinski definition) is 6. The number of methoxy groups -OCH3 is 1. The standard InChI is InChI=1S/C13H16N2O4/c1-4-18-8(2)12-14-13(19-15-12)10-7-9(17-3)5-6-11(10)16/h5-8,16H,4H2,1-3H3. The lowest BCUT2D eigenvalue weighted by molar-refractivity contribution is 0.0683. The van der Waals surface area contributed by atoms with Crippen molar-refractivity contribution >= 4 is 0 Å². The smallest absolute Gasteiger partial charge is 0.261 e. The topological polar surface area (TPSA) is 77.6 Å². The van der Waals surface area contributed by atoms with E-state index in [2.05, 4.69) is 10.1 Å². The maximum absolute atomic E-state index is 9.82. The molecule has 0 saturated heterocycles. The molecule has 19 heavy (non-hydrogen) atoms. The van der Waals surface area contributed by atoms with Gasteiger partial charge in [-0.1, -0.05) is 5.16 Å². The van der Waals surface area contributed by atoms with Crippen LogP contribution in [0.4, 0.5) is 0 Å². The first kappa shape index (κ1) is 13.4. The Labute approximate surface area is 111 Å². The van der Waals surface area contributed by atoms with Crippen LogP contribution in [0, 0.1) is 0 Å². The molecule has 1 heterocycles. The number of nitrogens with zero attached hydrogens (tertiary/aromatic N) is 2. The van der Waals surface area contributed by atoms with E-state index in [0.717, 1.165) is 0 Å². The zero-order valence-corrected chi connectivity index (χ0v) is 11.1. The Hall–Kier alpha value is -2.08. The average molecular weight is 264 g/mol. The van der Waals surface area contributed by atoms with E-state index in [0.29, 0.717) is 23.7 Å². The molecule has 6 heteroatoms. The Morgan fingerprint density at radius 3 is 2.89 bits per heavy atom. The first-order chi connectivity index (χ1) is 9.15. The summed E-state index contributed by atoms with van der Waals surface area (Å²) in [6.07, 6.45) is -0.254. The molecule has 2 aromatic rings. The second kappa shape index (κ2) is 5.71. The predicted molar refractivity (Wildman–Crippen MR) is 68.0 cm³/mol. The van der Waals surface area contributed by atoms with Crippen LogP contribution in [0.5, 0.6) is 11.5 Å². The lowest BCUT2D eigenvalue weighted by atomic mass is 10.2. The molecule has 0 radical (unpaired) electrons. The molecule has 1 N–H and O–H groups in total. The fourth-order valence-corrected chi connectivity index (χ4v) is 1.65. The summed E-state index contributed by atoms with van der Waals surface area (Å²) in [5.41, 5.74) is 0.432. The molecule has 102 valence electrons. The zero-order chi connectivity index (χ0) is 13.8. The fourth-order valence-electron chi connectivity index (χ4n) is 1.65. The molecular weight excluding hydrogens is 248 g/mol. The quantitative estimate of drug-likeness (QED) is 0.894. The molecule has 1 unspecified atom stereocenters. The number of ether oxygens (including phenoxy) is 2. The molecule has 2 rings (SSSR count). The average Bonchev–Trinajstić information content (AvgIpc) is 2.89. The van der Waals surface area contributed by atoms with Gasteiger partial charge in [-0.05, 0) is 32.0 Å². The lowest BCUT2D eigenvalue weighted by Gasteiger charge is -2.05. The van der Waals surface area contributed by atoms with Crippen LogP contribution in [-0.4, -0.2) is 29.0 Å². The monoisotopic (exact) mass is 264 g/mol. The molecule has 0 bridgehead atoms. The van der Waals surface area contributed by atoms with Crippen LogP contribution in [0.2, 0.25) is 0 Å². The van der Waals surface area contributed by atoms with Gasteiger partial charge in [-0.3, -0.25) is 0 Å². The highest BCUT2D eigenvalue weighted by atomic mass is 16.5. The first-order valence-electron chi connectivity index (χ1n) is 5.98. The molecule has 0 spiro atoms. The van der Waals surface area contributed by atoms with Crippen molar-refractivity contribution in [3.8, 4) is 23.0 Å². The molecule has 1 atom stereocenters. The van der Waals surface area contributed by atoms with Crippen molar-refractivity contribution in [2.45, 2.75) is 20.0 Å². The minimum atomic E-state index is -0.254. The number of rotatable bonds is 5. The summed E-state index contributed by atoms with van der Waals surface area (Å²) in [6.45, 7) is 4.30. The molecule has 0 aliphatic carbocycles. The lowest BCUT2D eigenvalue weighted by Crippen LogP contribution is -2.01. The third kappa shape index (κ3) is 2.85. The molecule has 0 fully saturated rings. The largest absolute Gasteiger partial charge is 0.507 e. The van der Waals surface area contributed by atoms with Gasteiger partial charge in [0.25, 0.3) is 5.89 Å². The molecule has 0 aliphatic heterocycles. The highest BCUT2D eigenvalue weighted by molar-refractivity contribution is 5.64. The molecule has 6 nitrogen and oxygen atoms in total. The van der Waals surface area contributed by atoms with Crippen molar-refractivity contribution in [2.24, 2.45) is 0 Å². The van der Waals surface area contributed by atoms with Gasteiger partial charge < -0.3 is 19.1 Å². The Morgan fingerprint density at radius 2 is 2.21 bits per heavy atom. The summed E-state index contributed by atoms with van der Waals surface area (Å²) in [5, 5.41) is 13.7. The molecular formula is C13H16N2O4. The van der Waals surface area contributed by atoms with E-state index in [1.807, 2.05) is 13.8 Å². The number of phenolic OH excluding ortho intramolecular Hbond substituents is 1. The molecule has 1 aromatic carbocycles. The van der Waals surface area contributed by atoms with E-state index in [1.54, 1.807) is 19.2 Å². The normalized spacial score (nSPS) is 12.4. The summed E-state index contributed by atoms with van der Waals surface area (Å²) in [6, 6.07) is 4.81. The van der Waals surface area contributed by atoms with Gasteiger partial charge in [0.05, 0.1) is 12.7 Å². The van der Waals surface area contributed by atoms with E-state index < -0.39 is 0 Å². The summed E-state index contributed by atoms with van der Waals surface area (Å²) in [5.74, 6) is 1.34. The van der Waals surface area contributed by atoms with Crippen LogP contribution in [0.3, 0.4) is 0 Å². The van der Waals surface area contributed by atoms with Crippen molar-refractivity contribution in [1.29, 1.82) is 0 Å². The minimum absolute atomic E-state index is 0.0556. The van der Waals surface area contributed by atoms with E-state index in [4.69, 9.17) is 14.0 Å². The van der Waals surface area contributed by atoms with Crippen molar-refractivity contribution < 1.29 is 19.1 Å². The molecule has 0 amide bonds. The second-order valence-electron chi connectivity index (χ2n) is 3.94. The number of aromatic hydroxyl groups is 1. The van der Waals surface area contributed by atoms with Gasteiger partial charge in [0.15, 0.2) is 0 Å². The third-order valence-corrected chi connectivity index (χ3v) is 2.66. The fraction of sp³-hybridized carbons (Fsp3) is 0.385. The van der Waals surface area contributed by atoms with Gasteiger partial charge in [0, 0.05) is 6.61 Å². The van der Waals surface area contributed by atoms with Crippen molar-refractivity contribution in [3.63, 3.8) is 0 Å². The second-order valence-corrected chi connectivity index (χ2v) is 3.94. The molecule has 1 aromatic heterocycles. The van der Waals surface area contributed by atoms with E-state index in [-0.39, 0.29) is 17.7 Å². The van der Waals surface area contributed by atoms with Crippen LogP contribution in [0.25, 0.3) is 11.5 Å². The number of phenols is 1. The van der Waals surface area contributed by atoms with E-state index in [1.165, 1.54) is 6.07 Å². The Morgan fingerprint density at radius 1 is 1.42 bits per heavy atom. The minimum Gasteiger partial charge on any atom is -0.507 e. The molecule has 0 aliphatic rings. The van der Waals surface area contributed by atoms with Crippen LogP contribution in [-0.2, 0) is 4.74 Å². The molecule has 0 saturated carbocycles. The first-order valence-corrected chi connectivity index (χ1v) is 5.98. The van der Waals surface area contributed by atoms with Crippen LogP contribution in [0.1, 0.15) is 25.8 Å². The van der Waals surface area contributed by atoms with Crippen LogP contribution in [0.15, 0.2) is 22.7 Å². The van der Waals surface area contributed by atoms with Crippen molar-refractivity contribution in [1.82, 2.24) is 10.1 Å². The maximum Gasteiger partial charge on any atom is 0.261 e. The van der Waals surface area contributed by atoms with Gasteiger partial charge in [-0.2, -0.15) is 4.98 Å². The van der Waals surface area contributed by atoms with Gasteiger partial charge in [0.1, 0.15) is 17.6 Å². The Bertz CT molecular complexity index is 553. The number of benzene rings is 1. The maximum atomic E-state index is 9.82. The summed E-state index contributed by atoms with van der Waals surface area (Å²) in [7, 11) is 1.55. The SMILES string of the molecule is CCOC(C)c1noc(-c2cc(OC)ccc2O)n1. The number of hydrogen-bond donors (Lipinski definition) is 1. The van der Waals surface area contributed by atoms with Crippen molar-refractivity contribution in [2.75, 3.05) is 13.7 Å². The summed E-state index contributed by atoms with van der Waals surface area (Å²) < 4.78 is 15.6.